The normalized spacial score (nSPS) is 13.8. The average Bonchev–Trinajstić information content (AvgIpc) is 2.66. The number of hydrogen-bond donors (Lipinski definition) is 1. The Kier molecular flexibility index (Phi) is 2.56. The summed E-state index contributed by atoms with van der Waals surface area (Å²) < 4.78 is 0. The number of hydrogen-bond acceptors (Lipinski definition) is 2. The van der Waals surface area contributed by atoms with Gasteiger partial charge in [-0.1, -0.05) is 12.1 Å². The topological polar surface area (TPSA) is 46.3 Å². The van der Waals surface area contributed by atoms with Gasteiger partial charge in [-0.25, -0.2) is 0 Å². The van der Waals surface area contributed by atoms with E-state index in [1.54, 1.807) is 6.07 Å². The van der Waals surface area contributed by atoms with Crippen LogP contribution in [0, 0.1) is 13.8 Å². The maximum atomic E-state index is 12.4. The Bertz CT molecular complexity index is 656. The lowest BCUT2D eigenvalue weighted by Gasteiger charge is -2.17. The molecule has 0 bridgehead atoms. The molecule has 3 heteroatoms. The van der Waals surface area contributed by atoms with Crippen LogP contribution < -0.4 is 10.6 Å². The fourth-order valence-electron chi connectivity index (χ4n) is 2.63. The first-order chi connectivity index (χ1) is 9.04. The molecule has 0 atom stereocenters. The highest BCUT2D eigenvalue weighted by atomic mass is 16.2. The second-order valence-electron chi connectivity index (χ2n) is 5.15. The number of nitrogens with zero attached hydrogens (tertiary/aromatic N) is 1. The molecule has 0 unspecified atom stereocenters. The van der Waals surface area contributed by atoms with Gasteiger partial charge >= 0.3 is 0 Å². The standard InChI is InChI=1S/C16H16N2O/c1-10-5-11(2)7-14(6-10)18-9-12-3-4-13(17)8-15(12)16(18)19/h3-8H,9,17H2,1-2H3. The Balaban J connectivity index is 2.04. The molecule has 1 aliphatic heterocycles. The van der Waals surface area contributed by atoms with E-state index in [1.165, 1.54) is 11.1 Å². The van der Waals surface area contributed by atoms with Gasteiger partial charge in [0.05, 0.1) is 6.54 Å². The van der Waals surface area contributed by atoms with Gasteiger partial charge in [-0.3, -0.25) is 4.79 Å². The Morgan fingerprint density at radius 3 is 2.42 bits per heavy atom. The van der Waals surface area contributed by atoms with Gasteiger partial charge in [-0.2, -0.15) is 0 Å². The summed E-state index contributed by atoms with van der Waals surface area (Å²) in [6.07, 6.45) is 0. The molecule has 1 aliphatic rings. The molecule has 1 heterocycles. The van der Waals surface area contributed by atoms with E-state index in [0.717, 1.165) is 16.8 Å². The highest BCUT2D eigenvalue weighted by molar-refractivity contribution is 6.10. The van der Waals surface area contributed by atoms with Crippen LogP contribution in [0.1, 0.15) is 27.0 Å². The molecule has 0 aliphatic carbocycles. The largest absolute Gasteiger partial charge is 0.399 e. The summed E-state index contributed by atoms with van der Waals surface area (Å²) in [5.41, 5.74) is 11.4. The van der Waals surface area contributed by atoms with Crippen LogP contribution in [0.2, 0.25) is 0 Å². The zero-order chi connectivity index (χ0) is 13.6. The summed E-state index contributed by atoms with van der Waals surface area (Å²) in [5.74, 6) is 0.0345. The third-order valence-electron chi connectivity index (χ3n) is 3.46. The second-order valence-corrected chi connectivity index (χ2v) is 5.15. The maximum Gasteiger partial charge on any atom is 0.259 e. The molecule has 3 nitrogen and oxygen atoms in total. The van der Waals surface area contributed by atoms with Crippen molar-refractivity contribution >= 4 is 17.3 Å². The molecule has 0 saturated heterocycles. The summed E-state index contributed by atoms with van der Waals surface area (Å²) in [6.45, 7) is 4.71. The Hall–Kier alpha value is -2.29. The smallest absolute Gasteiger partial charge is 0.259 e. The number of carbonyl (C=O) groups excluding carboxylic acids is 1. The quantitative estimate of drug-likeness (QED) is 0.793. The van der Waals surface area contributed by atoms with E-state index < -0.39 is 0 Å². The Morgan fingerprint density at radius 2 is 1.74 bits per heavy atom. The van der Waals surface area contributed by atoms with Crippen LogP contribution in [0.5, 0.6) is 0 Å². The fourth-order valence-corrected chi connectivity index (χ4v) is 2.63. The Labute approximate surface area is 112 Å². The maximum absolute atomic E-state index is 12.4. The average molecular weight is 252 g/mol. The van der Waals surface area contributed by atoms with E-state index in [1.807, 2.05) is 43.0 Å². The fraction of sp³-hybridized carbons (Fsp3) is 0.188. The second kappa shape index (κ2) is 4.12. The van der Waals surface area contributed by atoms with Gasteiger partial charge in [0.1, 0.15) is 0 Å². The van der Waals surface area contributed by atoms with Gasteiger partial charge in [0, 0.05) is 16.9 Å². The van der Waals surface area contributed by atoms with Gasteiger partial charge in [-0.15, -0.1) is 0 Å². The number of aryl methyl sites for hydroxylation is 2. The first-order valence-corrected chi connectivity index (χ1v) is 6.33. The van der Waals surface area contributed by atoms with Crippen molar-refractivity contribution in [3.05, 3.63) is 58.7 Å². The molecule has 0 aromatic heterocycles. The highest BCUT2D eigenvalue weighted by Crippen LogP contribution is 2.30. The van der Waals surface area contributed by atoms with Crippen molar-refractivity contribution < 1.29 is 4.79 Å². The van der Waals surface area contributed by atoms with E-state index in [4.69, 9.17) is 5.73 Å². The van der Waals surface area contributed by atoms with Crippen molar-refractivity contribution in [3.63, 3.8) is 0 Å². The molecule has 96 valence electrons. The Morgan fingerprint density at radius 1 is 1.05 bits per heavy atom. The van der Waals surface area contributed by atoms with E-state index in [2.05, 4.69) is 6.07 Å². The summed E-state index contributed by atoms with van der Waals surface area (Å²) >= 11 is 0. The van der Waals surface area contributed by atoms with Crippen molar-refractivity contribution in [2.75, 3.05) is 10.6 Å². The number of amides is 1. The minimum Gasteiger partial charge on any atom is -0.399 e. The third-order valence-corrected chi connectivity index (χ3v) is 3.46. The van der Waals surface area contributed by atoms with Crippen molar-refractivity contribution in [3.8, 4) is 0 Å². The molecule has 0 saturated carbocycles. The molecule has 19 heavy (non-hydrogen) atoms. The van der Waals surface area contributed by atoms with Crippen LogP contribution in [0.15, 0.2) is 36.4 Å². The minimum absolute atomic E-state index is 0.0345. The van der Waals surface area contributed by atoms with Crippen LogP contribution in [-0.2, 0) is 6.54 Å². The van der Waals surface area contributed by atoms with Crippen molar-refractivity contribution in [2.24, 2.45) is 0 Å². The van der Waals surface area contributed by atoms with Gasteiger partial charge in [0.2, 0.25) is 0 Å². The number of nitrogen functional groups attached to an aromatic ring is 1. The lowest BCUT2D eigenvalue weighted by atomic mass is 10.1. The molecular formula is C16H16N2O. The highest BCUT2D eigenvalue weighted by Gasteiger charge is 2.28. The third kappa shape index (κ3) is 1.97. The first-order valence-electron chi connectivity index (χ1n) is 6.33. The van der Waals surface area contributed by atoms with Gasteiger partial charge in [0.25, 0.3) is 5.91 Å². The lowest BCUT2D eigenvalue weighted by Crippen LogP contribution is -2.23. The van der Waals surface area contributed by atoms with Crippen LogP contribution in [0.4, 0.5) is 11.4 Å². The number of rotatable bonds is 1. The summed E-state index contributed by atoms with van der Waals surface area (Å²) in [7, 11) is 0. The predicted octanol–water partition coefficient (Wildman–Crippen LogP) is 3.05. The molecule has 2 N–H and O–H groups in total. The van der Waals surface area contributed by atoms with E-state index in [9.17, 15) is 4.79 Å². The zero-order valence-electron chi connectivity index (χ0n) is 11.1. The molecule has 2 aromatic rings. The van der Waals surface area contributed by atoms with Crippen molar-refractivity contribution in [2.45, 2.75) is 20.4 Å². The number of fused-ring (bicyclic) bond motifs is 1. The molecule has 0 fully saturated rings. The number of anilines is 2. The molecule has 3 rings (SSSR count). The SMILES string of the molecule is Cc1cc(C)cc(N2Cc3ccc(N)cc3C2=O)c1. The molecule has 2 aromatic carbocycles. The monoisotopic (exact) mass is 252 g/mol. The summed E-state index contributed by atoms with van der Waals surface area (Å²) in [4.78, 5) is 14.3. The van der Waals surface area contributed by atoms with E-state index >= 15 is 0 Å². The number of carbonyl (C=O) groups is 1. The van der Waals surface area contributed by atoms with Crippen LogP contribution in [0.25, 0.3) is 0 Å². The minimum atomic E-state index is 0.0345. The van der Waals surface area contributed by atoms with Gasteiger partial charge in [-0.05, 0) is 54.8 Å². The van der Waals surface area contributed by atoms with E-state index in [-0.39, 0.29) is 5.91 Å². The van der Waals surface area contributed by atoms with Crippen LogP contribution >= 0.6 is 0 Å². The molecule has 0 spiro atoms. The van der Waals surface area contributed by atoms with E-state index in [0.29, 0.717) is 12.2 Å². The van der Waals surface area contributed by atoms with Gasteiger partial charge < -0.3 is 10.6 Å². The van der Waals surface area contributed by atoms with Gasteiger partial charge in [0.15, 0.2) is 0 Å². The molecule has 0 radical (unpaired) electrons. The summed E-state index contributed by atoms with van der Waals surface area (Å²) in [5, 5.41) is 0. The van der Waals surface area contributed by atoms with Crippen molar-refractivity contribution in [1.29, 1.82) is 0 Å². The van der Waals surface area contributed by atoms with Crippen LogP contribution in [0.3, 0.4) is 0 Å². The number of nitrogens with two attached hydrogens (primary N) is 1. The predicted molar refractivity (Wildman–Crippen MR) is 77.3 cm³/mol. The van der Waals surface area contributed by atoms with Crippen molar-refractivity contribution in [1.82, 2.24) is 0 Å². The number of benzene rings is 2. The summed E-state index contributed by atoms with van der Waals surface area (Å²) in [6, 6.07) is 11.7. The molecule has 1 amide bonds. The van der Waals surface area contributed by atoms with Crippen LogP contribution in [-0.4, -0.2) is 5.91 Å². The zero-order valence-corrected chi connectivity index (χ0v) is 11.1. The first kappa shape index (κ1) is 11.8. The lowest BCUT2D eigenvalue weighted by molar-refractivity contribution is 0.0996. The molecular weight excluding hydrogens is 236 g/mol.